The van der Waals surface area contributed by atoms with E-state index in [-0.39, 0.29) is 19.0 Å². The molecular formula is C17H28Cl2N2O2. The lowest BCUT2D eigenvalue weighted by atomic mass is 10.1. The van der Waals surface area contributed by atoms with E-state index in [1.165, 1.54) is 38.5 Å². The molecule has 0 fully saturated rings. The van der Waals surface area contributed by atoms with Crippen LogP contribution in [0.15, 0.2) is 18.2 Å². The highest BCUT2D eigenvalue weighted by Crippen LogP contribution is 2.22. The normalized spacial score (nSPS) is 10.2. The van der Waals surface area contributed by atoms with Crippen LogP contribution in [0.2, 0.25) is 5.02 Å². The van der Waals surface area contributed by atoms with Gasteiger partial charge in [0.2, 0.25) is 0 Å². The van der Waals surface area contributed by atoms with Crippen LogP contribution in [-0.2, 0) is 11.3 Å². The van der Waals surface area contributed by atoms with Gasteiger partial charge in [0.25, 0.3) is 5.91 Å². The molecule has 0 aliphatic rings. The number of benzene rings is 1. The summed E-state index contributed by atoms with van der Waals surface area (Å²) >= 11 is 6.02. The quantitative estimate of drug-likeness (QED) is 0.550. The summed E-state index contributed by atoms with van der Waals surface area (Å²) in [7, 11) is 0. The van der Waals surface area contributed by atoms with E-state index in [1.807, 2.05) is 6.07 Å². The molecule has 4 nitrogen and oxygen atoms in total. The molecule has 3 N–H and O–H groups in total. The van der Waals surface area contributed by atoms with Crippen molar-refractivity contribution in [3.63, 3.8) is 0 Å². The number of nitrogens with two attached hydrogens (primary N) is 1. The zero-order chi connectivity index (χ0) is 16.2. The highest BCUT2D eigenvalue weighted by atomic mass is 35.5. The van der Waals surface area contributed by atoms with Crippen molar-refractivity contribution in [2.45, 2.75) is 52.0 Å². The molecule has 6 heteroatoms. The van der Waals surface area contributed by atoms with Crippen molar-refractivity contribution in [3.05, 3.63) is 28.8 Å². The minimum atomic E-state index is -0.485. The lowest BCUT2D eigenvalue weighted by molar-refractivity contribution is -0.119. The Morgan fingerprint density at radius 1 is 1.22 bits per heavy atom. The summed E-state index contributed by atoms with van der Waals surface area (Å²) in [5, 5.41) is 4.05. The molecular weight excluding hydrogens is 335 g/mol. The van der Waals surface area contributed by atoms with Gasteiger partial charge >= 0.3 is 0 Å². The standard InChI is InChI=1S/C17H27ClN2O2.ClH/c1-2-3-4-5-6-7-10-20-12-14-11-15(18)8-9-16(14)22-13-17(19)21;/h8-9,11,20H,2-7,10,12-13H2,1H3,(H2,19,21);1H. The van der Waals surface area contributed by atoms with Gasteiger partial charge in [-0.15, -0.1) is 12.4 Å². The van der Waals surface area contributed by atoms with Crippen molar-refractivity contribution in [2.75, 3.05) is 13.2 Å². The monoisotopic (exact) mass is 362 g/mol. The van der Waals surface area contributed by atoms with E-state index >= 15 is 0 Å². The number of carbonyl (C=O) groups is 1. The average molecular weight is 363 g/mol. The van der Waals surface area contributed by atoms with Gasteiger partial charge < -0.3 is 15.8 Å². The average Bonchev–Trinajstić information content (AvgIpc) is 2.49. The molecule has 0 unspecified atom stereocenters. The third kappa shape index (κ3) is 10.4. The number of hydrogen-bond donors (Lipinski definition) is 2. The second kappa shape index (κ2) is 13.5. The fourth-order valence-electron chi connectivity index (χ4n) is 2.23. The number of halogens is 2. The van der Waals surface area contributed by atoms with Gasteiger partial charge in [0, 0.05) is 17.1 Å². The summed E-state index contributed by atoms with van der Waals surface area (Å²) in [6.07, 6.45) is 7.67. The van der Waals surface area contributed by atoms with Crippen LogP contribution in [0.1, 0.15) is 51.0 Å². The Morgan fingerprint density at radius 3 is 2.61 bits per heavy atom. The summed E-state index contributed by atoms with van der Waals surface area (Å²) in [6, 6.07) is 5.37. The number of carbonyl (C=O) groups excluding carboxylic acids is 1. The van der Waals surface area contributed by atoms with Gasteiger partial charge in [0.1, 0.15) is 5.75 Å². The molecule has 0 aromatic heterocycles. The molecule has 0 spiro atoms. The van der Waals surface area contributed by atoms with Gasteiger partial charge in [0.15, 0.2) is 6.61 Å². The van der Waals surface area contributed by atoms with E-state index in [0.717, 1.165) is 12.1 Å². The Labute approximate surface area is 150 Å². The van der Waals surface area contributed by atoms with Crippen LogP contribution in [0.25, 0.3) is 0 Å². The van der Waals surface area contributed by atoms with E-state index < -0.39 is 5.91 Å². The predicted molar refractivity (Wildman–Crippen MR) is 98.5 cm³/mol. The highest BCUT2D eigenvalue weighted by molar-refractivity contribution is 6.30. The molecule has 23 heavy (non-hydrogen) atoms. The molecule has 0 radical (unpaired) electrons. The number of amides is 1. The van der Waals surface area contributed by atoms with Gasteiger partial charge in [0.05, 0.1) is 0 Å². The van der Waals surface area contributed by atoms with E-state index in [9.17, 15) is 4.79 Å². The van der Waals surface area contributed by atoms with Crippen molar-refractivity contribution in [1.29, 1.82) is 0 Å². The molecule has 0 aliphatic heterocycles. The minimum Gasteiger partial charge on any atom is -0.483 e. The maximum absolute atomic E-state index is 10.8. The number of rotatable bonds is 12. The van der Waals surface area contributed by atoms with E-state index in [0.29, 0.717) is 17.3 Å². The molecule has 0 bridgehead atoms. The topological polar surface area (TPSA) is 64.3 Å². The zero-order valence-corrected chi connectivity index (χ0v) is 15.3. The first-order valence-corrected chi connectivity index (χ1v) is 8.41. The van der Waals surface area contributed by atoms with Crippen molar-refractivity contribution in [3.8, 4) is 5.75 Å². The first-order valence-electron chi connectivity index (χ1n) is 8.03. The van der Waals surface area contributed by atoms with E-state index in [2.05, 4.69) is 12.2 Å². The molecule has 1 rings (SSSR count). The summed E-state index contributed by atoms with van der Waals surface area (Å²) in [5.74, 6) is 0.166. The third-order valence-corrected chi connectivity index (χ3v) is 3.65. The minimum absolute atomic E-state index is 0. The van der Waals surface area contributed by atoms with Gasteiger partial charge in [-0.1, -0.05) is 50.6 Å². The number of primary amides is 1. The molecule has 0 aliphatic carbocycles. The Kier molecular flexibility index (Phi) is 12.9. The maximum Gasteiger partial charge on any atom is 0.255 e. The zero-order valence-electron chi connectivity index (χ0n) is 13.8. The van der Waals surface area contributed by atoms with Crippen LogP contribution in [0.4, 0.5) is 0 Å². The summed E-state index contributed by atoms with van der Waals surface area (Å²) in [5.41, 5.74) is 6.05. The van der Waals surface area contributed by atoms with Crippen molar-refractivity contribution >= 4 is 29.9 Å². The Bertz CT molecular complexity index is 456. The van der Waals surface area contributed by atoms with E-state index in [1.54, 1.807) is 12.1 Å². The Balaban J connectivity index is 0.00000484. The molecule has 0 heterocycles. The van der Waals surface area contributed by atoms with Crippen LogP contribution in [0.3, 0.4) is 0 Å². The van der Waals surface area contributed by atoms with Crippen LogP contribution < -0.4 is 15.8 Å². The first-order chi connectivity index (χ1) is 10.6. The Morgan fingerprint density at radius 2 is 1.91 bits per heavy atom. The van der Waals surface area contributed by atoms with Crippen molar-refractivity contribution < 1.29 is 9.53 Å². The second-order valence-electron chi connectivity index (χ2n) is 5.45. The van der Waals surface area contributed by atoms with Crippen LogP contribution in [0, 0.1) is 0 Å². The lowest BCUT2D eigenvalue weighted by Crippen LogP contribution is -2.21. The van der Waals surface area contributed by atoms with Gasteiger partial charge in [-0.2, -0.15) is 0 Å². The van der Waals surface area contributed by atoms with Crippen molar-refractivity contribution in [1.82, 2.24) is 5.32 Å². The Hall–Kier alpha value is -0.970. The fourth-order valence-corrected chi connectivity index (χ4v) is 2.42. The first kappa shape index (κ1) is 22.0. The largest absolute Gasteiger partial charge is 0.483 e. The summed E-state index contributed by atoms with van der Waals surface area (Å²) in [6.45, 7) is 3.74. The summed E-state index contributed by atoms with van der Waals surface area (Å²) < 4.78 is 5.40. The molecule has 0 saturated heterocycles. The molecule has 132 valence electrons. The molecule has 1 aromatic carbocycles. The SMILES string of the molecule is CCCCCCCCNCc1cc(Cl)ccc1OCC(N)=O.Cl. The van der Waals surface area contributed by atoms with Gasteiger partial charge in [-0.25, -0.2) is 0 Å². The highest BCUT2D eigenvalue weighted by Gasteiger charge is 2.06. The lowest BCUT2D eigenvalue weighted by Gasteiger charge is -2.12. The van der Waals surface area contributed by atoms with E-state index in [4.69, 9.17) is 22.1 Å². The van der Waals surface area contributed by atoms with Gasteiger partial charge in [-0.05, 0) is 31.2 Å². The fraction of sp³-hybridized carbons (Fsp3) is 0.588. The van der Waals surface area contributed by atoms with Crippen molar-refractivity contribution in [2.24, 2.45) is 5.73 Å². The number of hydrogen-bond acceptors (Lipinski definition) is 3. The van der Waals surface area contributed by atoms with Crippen LogP contribution in [-0.4, -0.2) is 19.1 Å². The predicted octanol–water partition coefficient (Wildman–Crippen LogP) is 4.08. The maximum atomic E-state index is 10.8. The molecule has 0 saturated carbocycles. The third-order valence-electron chi connectivity index (χ3n) is 3.42. The molecule has 1 amide bonds. The molecule has 0 atom stereocenters. The number of nitrogens with one attached hydrogen (secondary N) is 1. The number of unbranched alkanes of at least 4 members (excludes halogenated alkanes) is 5. The summed E-state index contributed by atoms with van der Waals surface area (Å²) in [4.78, 5) is 10.8. The molecule has 1 aromatic rings. The van der Waals surface area contributed by atoms with Crippen LogP contribution >= 0.6 is 24.0 Å². The number of ether oxygens (including phenoxy) is 1. The smallest absolute Gasteiger partial charge is 0.255 e. The second-order valence-corrected chi connectivity index (χ2v) is 5.89. The van der Waals surface area contributed by atoms with Gasteiger partial charge in [-0.3, -0.25) is 4.79 Å². The van der Waals surface area contributed by atoms with Crippen LogP contribution in [0.5, 0.6) is 5.75 Å².